The van der Waals surface area contributed by atoms with Crippen molar-refractivity contribution in [2.75, 3.05) is 13.7 Å². The number of amides is 1. The molecular weight excluding hydrogens is 190 g/mol. The van der Waals surface area contributed by atoms with Crippen LogP contribution in [0.15, 0.2) is 24.3 Å². The molecule has 0 heterocycles. The van der Waals surface area contributed by atoms with E-state index in [2.05, 4.69) is 5.32 Å². The Morgan fingerprint density at radius 2 is 2.00 bits per heavy atom. The van der Waals surface area contributed by atoms with Crippen molar-refractivity contribution in [3.05, 3.63) is 29.8 Å². The fraction of sp³-hybridized carbons (Fsp3) is 0.417. The minimum atomic E-state index is 0.0579. The highest BCUT2D eigenvalue weighted by Gasteiger charge is 1.98. The minimum absolute atomic E-state index is 0.0579. The molecule has 0 saturated heterocycles. The second-order valence-corrected chi connectivity index (χ2v) is 3.44. The summed E-state index contributed by atoms with van der Waals surface area (Å²) in [5.74, 6) is 0.917. The third kappa shape index (κ3) is 4.49. The molecule has 0 atom stereocenters. The molecule has 82 valence electrons. The smallest absolute Gasteiger partial charge is 0.219 e. The summed E-state index contributed by atoms with van der Waals surface area (Å²) in [5, 5.41) is 2.58. The van der Waals surface area contributed by atoms with E-state index in [1.165, 1.54) is 5.56 Å². The SMILES string of the molecule is CNC(=O)CCCOc1ccc(C)cc1. The standard InChI is InChI=1S/C12H17NO2/c1-10-5-7-11(8-6-10)15-9-3-4-12(14)13-2/h5-8H,3-4,9H2,1-2H3,(H,13,14). The Kier molecular flexibility index (Phi) is 4.68. The summed E-state index contributed by atoms with van der Waals surface area (Å²) in [4.78, 5) is 10.9. The molecule has 0 aliphatic heterocycles. The van der Waals surface area contributed by atoms with Crippen molar-refractivity contribution in [3.8, 4) is 5.75 Å². The Labute approximate surface area is 90.4 Å². The maximum absolute atomic E-state index is 10.9. The minimum Gasteiger partial charge on any atom is -0.494 e. The molecule has 0 saturated carbocycles. The third-order valence-corrected chi connectivity index (χ3v) is 2.12. The number of nitrogens with one attached hydrogen (secondary N) is 1. The van der Waals surface area contributed by atoms with Gasteiger partial charge in [-0.15, -0.1) is 0 Å². The molecule has 1 N–H and O–H groups in total. The van der Waals surface area contributed by atoms with Gasteiger partial charge in [-0.05, 0) is 25.5 Å². The Hall–Kier alpha value is -1.51. The van der Waals surface area contributed by atoms with Crippen LogP contribution in [-0.4, -0.2) is 19.6 Å². The van der Waals surface area contributed by atoms with E-state index >= 15 is 0 Å². The highest BCUT2D eigenvalue weighted by atomic mass is 16.5. The predicted octanol–water partition coefficient (Wildman–Crippen LogP) is 1.90. The van der Waals surface area contributed by atoms with Gasteiger partial charge in [0, 0.05) is 13.5 Å². The van der Waals surface area contributed by atoms with E-state index in [0.717, 1.165) is 12.2 Å². The normalized spacial score (nSPS) is 9.73. The Bertz CT molecular complexity index is 306. The summed E-state index contributed by atoms with van der Waals surface area (Å²) in [6, 6.07) is 7.90. The second-order valence-electron chi connectivity index (χ2n) is 3.44. The third-order valence-electron chi connectivity index (χ3n) is 2.12. The first-order valence-electron chi connectivity index (χ1n) is 5.12. The van der Waals surface area contributed by atoms with Gasteiger partial charge in [-0.3, -0.25) is 4.79 Å². The predicted molar refractivity (Wildman–Crippen MR) is 60.0 cm³/mol. The zero-order valence-electron chi connectivity index (χ0n) is 9.25. The maximum Gasteiger partial charge on any atom is 0.219 e. The lowest BCUT2D eigenvalue weighted by Gasteiger charge is -2.05. The second kappa shape index (κ2) is 6.06. The average molecular weight is 207 g/mol. The number of carbonyl (C=O) groups excluding carboxylic acids is 1. The van der Waals surface area contributed by atoms with Crippen molar-refractivity contribution in [3.63, 3.8) is 0 Å². The number of aryl methyl sites for hydroxylation is 1. The van der Waals surface area contributed by atoms with Gasteiger partial charge < -0.3 is 10.1 Å². The highest BCUT2D eigenvalue weighted by molar-refractivity contribution is 5.75. The number of rotatable bonds is 5. The van der Waals surface area contributed by atoms with E-state index in [9.17, 15) is 4.79 Å². The van der Waals surface area contributed by atoms with E-state index < -0.39 is 0 Å². The van der Waals surface area contributed by atoms with Crippen LogP contribution >= 0.6 is 0 Å². The molecular formula is C12H17NO2. The zero-order chi connectivity index (χ0) is 11.1. The van der Waals surface area contributed by atoms with E-state index in [-0.39, 0.29) is 5.91 Å². The average Bonchev–Trinajstić information content (AvgIpc) is 2.26. The number of hydrogen-bond donors (Lipinski definition) is 1. The lowest BCUT2D eigenvalue weighted by molar-refractivity contribution is -0.120. The summed E-state index contributed by atoms with van der Waals surface area (Å²) in [7, 11) is 1.64. The van der Waals surface area contributed by atoms with Gasteiger partial charge in [0.2, 0.25) is 5.91 Å². The van der Waals surface area contributed by atoms with E-state index in [4.69, 9.17) is 4.74 Å². The highest BCUT2D eigenvalue weighted by Crippen LogP contribution is 2.11. The zero-order valence-corrected chi connectivity index (χ0v) is 9.25. The van der Waals surface area contributed by atoms with Crippen LogP contribution in [-0.2, 0) is 4.79 Å². The van der Waals surface area contributed by atoms with Crippen molar-refractivity contribution in [1.29, 1.82) is 0 Å². The van der Waals surface area contributed by atoms with Crippen molar-refractivity contribution in [2.24, 2.45) is 0 Å². The fourth-order valence-corrected chi connectivity index (χ4v) is 1.18. The molecule has 1 amide bonds. The molecule has 1 rings (SSSR count). The lowest BCUT2D eigenvalue weighted by atomic mass is 10.2. The van der Waals surface area contributed by atoms with E-state index in [1.807, 2.05) is 31.2 Å². The molecule has 0 radical (unpaired) electrons. The van der Waals surface area contributed by atoms with Gasteiger partial charge in [0.1, 0.15) is 5.75 Å². The molecule has 1 aromatic carbocycles. The number of ether oxygens (including phenoxy) is 1. The summed E-state index contributed by atoms with van der Waals surface area (Å²) in [6.07, 6.45) is 1.26. The topological polar surface area (TPSA) is 38.3 Å². The molecule has 0 bridgehead atoms. The monoisotopic (exact) mass is 207 g/mol. The Morgan fingerprint density at radius 1 is 1.33 bits per heavy atom. The molecule has 15 heavy (non-hydrogen) atoms. The molecule has 0 spiro atoms. The van der Waals surface area contributed by atoms with Crippen molar-refractivity contribution in [1.82, 2.24) is 5.32 Å². The van der Waals surface area contributed by atoms with Crippen LogP contribution in [0, 0.1) is 6.92 Å². The largest absolute Gasteiger partial charge is 0.494 e. The number of hydrogen-bond acceptors (Lipinski definition) is 2. The molecule has 0 unspecified atom stereocenters. The van der Waals surface area contributed by atoms with Crippen LogP contribution in [0.2, 0.25) is 0 Å². The van der Waals surface area contributed by atoms with Crippen LogP contribution in [0.5, 0.6) is 5.75 Å². The molecule has 0 aliphatic rings. The van der Waals surface area contributed by atoms with E-state index in [1.54, 1.807) is 7.05 Å². The fourth-order valence-electron chi connectivity index (χ4n) is 1.18. The van der Waals surface area contributed by atoms with Crippen LogP contribution in [0.4, 0.5) is 0 Å². The quantitative estimate of drug-likeness (QED) is 0.749. The van der Waals surface area contributed by atoms with Gasteiger partial charge in [0.15, 0.2) is 0 Å². The molecule has 3 nitrogen and oxygen atoms in total. The Morgan fingerprint density at radius 3 is 2.60 bits per heavy atom. The van der Waals surface area contributed by atoms with Crippen molar-refractivity contribution >= 4 is 5.91 Å². The van der Waals surface area contributed by atoms with Gasteiger partial charge >= 0.3 is 0 Å². The molecule has 3 heteroatoms. The first-order valence-corrected chi connectivity index (χ1v) is 5.12. The molecule has 0 aliphatic carbocycles. The number of benzene rings is 1. The summed E-state index contributed by atoms with van der Waals surface area (Å²) in [5.41, 5.74) is 1.22. The Balaban J connectivity index is 2.20. The summed E-state index contributed by atoms with van der Waals surface area (Å²) < 4.78 is 5.48. The van der Waals surface area contributed by atoms with Gasteiger partial charge in [0.05, 0.1) is 6.61 Å². The lowest BCUT2D eigenvalue weighted by Crippen LogP contribution is -2.18. The molecule has 1 aromatic rings. The summed E-state index contributed by atoms with van der Waals surface area (Å²) in [6.45, 7) is 2.62. The van der Waals surface area contributed by atoms with Gasteiger partial charge in [-0.2, -0.15) is 0 Å². The van der Waals surface area contributed by atoms with Crippen LogP contribution in [0.3, 0.4) is 0 Å². The maximum atomic E-state index is 10.9. The van der Waals surface area contributed by atoms with Gasteiger partial charge in [0.25, 0.3) is 0 Å². The van der Waals surface area contributed by atoms with E-state index in [0.29, 0.717) is 13.0 Å². The first kappa shape index (κ1) is 11.6. The van der Waals surface area contributed by atoms with Gasteiger partial charge in [-0.25, -0.2) is 0 Å². The molecule has 0 aromatic heterocycles. The van der Waals surface area contributed by atoms with Crippen LogP contribution < -0.4 is 10.1 Å². The summed E-state index contributed by atoms with van der Waals surface area (Å²) >= 11 is 0. The molecule has 0 fully saturated rings. The number of carbonyl (C=O) groups is 1. The van der Waals surface area contributed by atoms with Crippen molar-refractivity contribution in [2.45, 2.75) is 19.8 Å². The van der Waals surface area contributed by atoms with Crippen molar-refractivity contribution < 1.29 is 9.53 Å². The van der Waals surface area contributed by atoms with Crippen LogP contribution in [0.1, 0.15) is 18.4 Å². The van der Waals surface area contributed by atoms with Gasteiger partial charge in [-0.1, -0.05) is 17.7 Å². The first-order chi connectivity index (χ1) is 7.22. The van der Waals surface area contributed by atoms with Crippen LogP contribution in [0.25, 0.3) is 0 Å².